The van der Waals surface area contributed by atoms with Gasteiger partial charge in [-0.15, -0.1) is 0 Å². The van der Waals surface area contributed by atoms with Crippen LogP contribution in [0.3, 0.4) is 0 Å². The average molecular weight is 264 g/mol. The minimum absolute atomic E-state index is 0.0816. The van der Waals surface area contributed by atoms with Gasteiger partial charge in [0, 0.05) is 17.8 Å². The van der Waals surface area contributed by atoms with E-state index in [0.717, 1.165) is 12.8 Å². The summed E-state index contributed by atoms with van der Waals surface area (Å²) in [5, 5.41) is 2.99. The zero-order chi connectivity index (χ0) is 14.1. The lowest BCUT2D eigenvalue weighted by Crippen LogP contribution is -2.32. The molecule has 0 fully saturated rings. The highest BCUT2D eigenvalue weighted by atomic mass is 16.1. The van der Waals surface area contributed by atoms with Crippen LogP contribution in [0.2, 0.25) is 0 Å². The SMILES string of the molecule is CCCCCCC(C)NC(=O)c1ccnc(NN)c1. The van der Waals surface area contributed by atoms with Gasteiger partial charge in [0.15, 0.2) is 0 Å². The highest BCUT2D eigenvalue weighted by molar-refractivity contribution is 5.94. The number of rotatable bonds is 8. The molecule has 1 aromatic rings. The van der Waals surface area contributed by atoms with Crippen LogP contribution in [0.4, 0.5) is 5.82 Å². The Morgan fingerprint density at radius 3 is 2.89 bits per heavy atom. The topological polar surface area (TPSA) is 80.0 Å². The summed E-state index contributed by atoms with van der Waals surface area (Å²) in [6.45, 7) is 4.23. The van der Waals surface area contributed by atoms with Crippen LogP contribution in [0.25, 0.3) is 0 Å². The summed E-state index contributed by atoms with van der Waals surface area (Å²) in [7, 11) is 0. The standard InChI is InChI=1S/C14H24N4O/c1-3-4-5-6-7-11(2)17-14(19)12-8-9-16-13(10-12)18-15/h8-11H,3-7,15H2,1-2H3,(H,16,18)(H,17,19). The maximum absolute atomic E-state index is 12.0. The van der Waals surface area contributed by atoms with Crippen LogP contribution >= 0.6 is 0 Å². The number of anilines is 1. The van der Waals surface area contributed by atoms with Gasteiger partial charge in [0.1, 0.15) is 5.82 Å². The maximum atomic E-state index is 12.0. The molecule has 5 heteroatoms. The lowest BCUT2D eigenvalue weighted by molar-refractivity contribution is 0.0938. The fraction of sp³-hybridized carbons (Fsp3) is 0.571. The summed E-state index contributed by atoms with van der Waals surface area (Å²) < 4.78 is 0. The number of pyridine rings is 1. The molecule has 0 saturated carbocycles. The Bertz CT molecular complexity index is 395. The fourth-order valence-corrected chi connectivity index (χ4v) is 1.91. The third-order valence-electron chi connectivity index (χ3n) is 3.04. The highest BCUT2D eigenvalue weighted by Crippen LogP contribution is 2.08. The minimum atomic E-state index is -0.0816. The Labute approximate surface area is 115 Å². The summed E-state index contributed by atoms with van der Waals surface area (Å²) in [6.07, 6.45) is 7.45. The number of nitrogens with two attached hydrogens (primary N) is 1. The Hall–Kier alpha value is -1.62. The smallest absolute Gasteiger partial charge is 0.251 e. The van der Waals surface area contributed by atoms with Crippen molar-refractivity contribution in [1.29, 1.82) is 0 Å². The number of carbonyl (C=O) groups excluding carboxylic acids is 1. The predicted molar refractivity (Wildman–Crippen MR) is 77.7 cm³/mol. The molecule has 1 heterocycles. The summed E-state index contributed by atoms with van der Waals surface area (Å²) in [4.78, 5) is 16.0. The quantitative estimate of drug-likeness (QED) is 0.383. The van der Waals surface area contributed by atoms with Gasteiger partial charge in [0.25, 0.3) is 5.91 Å². The highest BCUT2D eigenvalue weighted by Gasteiger charge is 2.10. The van der Waals surface area contributed by atoms with Crippen molar-refractivity contribution in [1.82, 2.24) is 10.3 Å². The summed E-state index contributed by atoms with van der Waals surface area (Å²) in [5.41, 5.74) is 3.01. The van der Waals surface area contributed by atoms with E-state index in [0.29, 0.717) is 11.4 Å². The number of aromatic nitrogens is 1. The van der Waals surface area contributed by atoms with Crippen molar-refractivity contribution >= 4 is 11.7 Å². The predicted octanol–water partition coefficient (Wildman–Crippen LogP) is 2.46. The van der Waals surface area contributed by atoms with Crippen LogP contribution < -0.4 is 16.6 Å². The Balaban J connectivity index is 2.40. The Morgan fingerprint density at radius 2 is 2.21 bits per heavy atom. The van der Waals surface area contributed by atoms with Gasteiger partial charge in [-0.2, -0.15) is 0 Å². The van der Waals surface area contributed by atoms with Gasteiger partial charge in [-0.1, -0.05) is 32.6 Å². The Morgan fingerprint density at radius 1 is 1.42 bits per heavy atom. The largest absolute Gasteiger partial charge is 0.350 e. The van der Waals surface area contributed by atoms with Crippen LogP contribution in [-0.4, -0.2) is 16.9 Å². The van der Waals surface area contributed by atoms with Crippen LogP contribution in [0.5, 0.6) is 0 Å². The molecule has 106 valence electrons. The van der Waals surface area contributed by atoms with E-state index in [4.69, 9.17) is 5.84 Å². The molecule has 4 N–H and O–H groups in total. The first kappa shape index (κ1) is 15.4. The molecule has 0 aliphatic rings. The molecule has 0 bridgehead atoms. The number of nitrogens with zero attached hydrogens (tertiary/aromatic N) is 1. The first-order chi connectivity index (χ1) is 9.17. The average Bonchev–Trinajstić information content (AvgIpc) is 2.43. The summed E-state index contributed by atoms with van der Waals surface area (Å²) in [5.74, 6) is 5.68. The summed E-state index contributed by atoms with van der Waals surface area (Å²) in [6, 6.07) is 3.51. The van der Waals surface area contributed by atoms with Gasteiger partial charge < -0.3 is 10.7 Å². The normalized spacial score (nSPS) is 11.9. The molecule has 1 rings (SSSR count). The molecule has 0 spiro atoms. The van der Waals surface area contributed by atoms with E-state index >= 15 is 0 Å². The van der Waals surface area contributed by atoms with Crippen molar-refractivity contribution < 1.29 is 4.79 Å². The van der Waals surface area contributed by atoms with Gasteiger partial charge in [-0.3, -0.25) is 4.79 Å². The number of hydrogen-bond acceptors (Lipinski definition) is 4. The number of carbonyl (C=O) groups is 1. The van der Waals surface area contributed by atoms with Gasteiger partial charge in [-0.05, 0) is 25.5 Å². The molecule has 1 aromatic heterocycles. The lowest BCUT2D eigenvalue weighted by Gasteiger charge is -2.14. The second-order valence-electron chi connectivity index (χ2n) is 4.80. The lowest BCUT2D eigenvalue weighted by atomic mass is 10.1. The van der Waals surface area contributed by atoms with Crippen LogP contribution in [0.1, 0.15) is 56.3 Å². The van der Waals surface area contributed by atoms with Gasteiger partial charge in [0.2, 0.25) is 0 Å². The monoisotopic (exact) mass is 264 g/mol. The van der Waals surface area contributed by atoms with Crippen molar-refractivity contribution in [2.24, 2.45) is 5.84 Å². The van der Waals surface area contributed by atoms with Gasteiger partial charge in [0.05, 0.1) is 0 Å². The number of hydrazine groups is 1. The van der Waals surface area contributed by atoms with Crippen molar-refractivity contribution in [2.45, 2.75) is 52.0 Å². The van der Waals surface area contributed by atoms with Crippen molar-refractivity contribution in [2.75, 3.05) is 5.43 Å². The van der Waals surface area contributed by atoms with E-state index in [-0.39, 0.29) is 11.9 Å². The number of nitrogens with one attached hydrogen (secondary N) is 2. The van der Waals surface area contributed by atoms with E-state index in [1.807, 2.05) is 6.92 Å². The number of nitrogen functional groups attached to an aromatic ring is 1. The second kappa shape index (κ2) is 8.48. The van der Waals surface area contributed by atoms with Crippen molar-refractivity contribution in [3.63, 3.8) is 0 Å². The molecule has 0 saturated heterocycles. The maximum Gasteiger partial charge on any atom is 0.251 e. The fourth-order valence-electron chi connectivity index (χ4n) is 1.91. The van der Waals surface area contributed by atoms with Gasteiger partial charge in [-0.25, -0.2) is 10.8 Å². The van der Waals surface area contributed by atoms with Crippen molar-refractivity contribution in [3.05, 3.63) is 23.9 Å². The minimum Gasteiger partial charge on any atom is -0.350 e. The second-order valence-corrected chi connectivity index (χ2v) is 4.80. The third kappa shape index (κ3) is 5.70. The van der Waals surface area contributed by atoms with Crippen molar-refractivity contribution in [3.8, 4) is 0 Å². The summed E-state index contributed by atoms with van der Waals surface area (Å²) >= 11 is 0. The molecule has 0 aromatic carbocycles. The van der Waals surface area contributed by atoms with Crippen LogP contribution in [0, 0.1) is 0 Å². The van der Waals surface area contributed by atoms with Crippen LogP contribution in [0.15, 0.2) is 18.3 Å². The molecule has 19 heavy (non-hydrogen) atoms. The zero-order valence-electron chi connectivity index (χ0n) is 11.8. The number of unbranched alkanes of at least 4 members (excludes halogenated alkanes) is 3. The van der Waals surface area contributed by atoms with Crippen LogP contribution in [-0.2, 0) is 0 Å². The molecular weight excluding hydrogens is 240 g/mol. The van der Waals surface area contributed by atoms with Gasteiger partial charge >= 0.3 is 0 Å². The zero-order valence-corrected chi connectivity index (χ0v) is 11.8. The molecule has 5 nitrogen and oxygen atoms in total. The van der Waals surface area contributed by atoms with E-state index < -0.39 is 0 Å². The first-order valence-corrected chi connectivity index (χ1v) is 6.91. The number of hydrogen-bond donors (Lipinski definition) is 3. The number of amides is 1. The molecule has 1 unspecified atom stereocenters. The molecular formula is C14H24N4O. The molecule has 0 aliphatic carbocycles. The van der Waals surface area contributed by atoms with E-state index in [1.165, 1.54) is 19.3 Å². The van der Waals surface area contributed by atoms with E-state index in [2.05, 4.69) is 22.7 Å². The molecule has 0 radical (unpaired) electrons. The molecule has 1 atom stereocenters. The first-order valence-electron chi connectivity index (χ1n) is 6.91. The Kier molecular flexibility index (Phi) is 6.89. The van der Waals surface area contributed by atoms with E-state index in [9.17, 15) is 4.79 Å². The molecule has 0 aliphatic heterocycles. The van der Waals surface area contributed by atoms with E-state index in [1.54, 1.807) is 18.3 Å². The third-order valence-corrected chi connectivity index (χ3v) is 3.04. The molecule has 1 amide bonds.